The highest BCUT2D eigenvalue weighted by Crippen LogP contribution is 2.16. The van der Waals surface area contributed by atoms with Gasteiger partial charge < -0.3 is 35.3 Å². The minimum atomic E-state index is -0.494. The average Bonchev–Trinajstić information content (AvgIpc) is 3.82. The van der Waals surface area contributed by atoms with Gasteiger partial charge in [-0.15, -0.1) is 11.6 Å². The molecule has 0 spiro atoms. The lowest BCUT2D eigenvalue weighted by Crippen LogP contribution is -2.25. The standard InChI is InChI=1S/C12H12ClFN2O2.C6H5Cl2N.C6H8FNO2.C4H4O3.C2H6FN.2CH4/c13-11-2-1-9(6-15-11)7-16(4-3-14)10-5-12(17)18-8-10;7-3-5-1-2-6(8)9-4-5;7-1-2-8-5-3-6(9)10-4-5;5-3-1-4(6)7-2-3;3-1-2-4;;/h1-2,5-6H,3-4,7-8H2;1-2,4H,3H2;3,8H,1-2,4H2;1,5H,2H2;1-2,4H2;2*1H4. The van der Waals surface area contributed by atoms with Gasteiger partial charge in [-0.2, -0.15) is 0 Å². The number of rotatable bonds is 10. The molecule has 3 aliphatic heterocycles. The van der Waals surface area contributed by atoms with Gasteiger partial charge in [0.25, 0.3) is 0 Å². The Labute approximate surface area is 305 Å². The number of carbonyl (C=O) groups is 3. The molecule has 280 valence electrons. The summed E-state index contributed by atoms with van der Waals surface area (Å²) in [4.78, 5) is 40.9. The molecule has 3 aliphatic rings. The molecule has 0 aromatic carbocycles. The zero-order valence-electron chi connectivity index (χ0n) is 25.6. The predicted molar refractivity (Wildman–Crippen MR) is 187 cm³/mol. The molecular formula is C32H43Cl3F3N5O7. The third kappa shape index (κ3) is 21.8. The number of aliphatic hydroxyl groups excluding tert-OH is 1. The average molecular weight is 773 g/mol. The second kappa shape index (κ2) is 28.8. The topological polar surface area (TPSA) is 166 Å². The SMILES string of the molecule is C.C.ClCc1ccc(Cl)nc1.NCCF.O=C1C=C(N(CCF)Cc2ccc(Cl)nc2)CO1.O=C1C=C(NCCF)CO1.O=C1C=C(O)CO1. The summed E-state index contributed by atoms with van der Waals surface area (Å²) >= 11 is 16.7. The fraction of sp³-hybridized carbons (Fsp3) is 0.406. The van der Waals surface area contributed by atoms with Gasteiger partial charge in [-0.25, -0.2) is 37.5 Å². The van der Waals surface area contributed by atoms with Crippen molar-refractivity contribution in [2.45, 2.75) is 27.3 Å². The monoisotopic (exact) mass is 771 g/mol. The zero-order valence-corrected chi connectivity index (χ0v) is 27.8. The first-order valence-corrected chi connectivity index (χ1v) is 15.3. The van der Waals surface area contributed by atoms with Crippen LogP contribution in [0.15, 0.2) is 72.0 Å². The van der Waals surface area contributed by atoms with E-state index in [0.29, 0.717) is 34.1 Å². The van der Waals surface area contributed by atoms with E-state index in [2.05, 4.69) is 30.5 Å². The Morgan fingerprint density at radius 1 is 0.800 bits per heavy atom. The molecular weight excluding hydrogens is 730 g/mol. The molecule has 0 unspecified atom stereocenters. The van der Waals surface area contributed by atoms with Crippen LogP contribution >= 0.6 is 34.8 Å². The van der Waals surface area contributed by atoms with E-state index in [1.54, 1.807) is 29.4 Å². The largest absolute Gasteiger partial charge is 0.508 e. The van der Waals surface area contributed by atoms with Gasteiger partial charge >= 0.3 is 17.9 Å². The summed E-state index contributed by atoms with van der Waals surface area (Å²) in [5, 5.41) is 12.0. The maximum Gasteiger partial charge on any atom is 0.334 e. The maximum absolute atomic E-state index is 12.5. The molecule has 4 N–H and O–H groups in total. The predicted octanol–water partition coefficient (Wildman–Crippen LogP) is 5.58. The van der Waals surface area contributed by atoms with Crippen LogP contribution in [0.2, 0.25) is 10.3 Å². The molecule has 5 heterocycles. The van der Waals surface area contributed by atoms with E-state index in [-0.39, 0.29) is 72.0 Å². The number of carbonyl (C=O) groups excluding carboxylic acids is 3. The molecule has 0 radical (unpaired) electrons. The van der Waals surface area contributed by atoms with Crippen molar-refractivity contribution in [1.29, 1.82) is 0 Å². The van der Waals surface area contributed by atoms with Crippen LogP contribution in [0.1, 0.15) is 26.0 Å². The molecule has 0 bridgehead atoms. The summed E-state index contributed by atoms with van der Waals surface area (Å²) in [6.07, 6.45) is 7.07. The van der Waals surface area contributed by atoms with Gasteiger partial charge in [0.1, 0.15) is 55.9 Å². The van der Waals surface area contributed by atoms with Crippen LogP contribution in [0.25, 0.3) is 0 Å². The number of nitrogens with one attached hydrogen (secondary N) is 1. The number of ether oxygens (including phenoxy) is 3. The van der Waals surface area contributed by atoms with Crippen LogP contribution in [0.4, 0.5) is 13.2 Å². The Morgan fingerprint density at radius 2 is 1.34 bits per heavy atom. The number of cyclic esters (lactones) is 3. The number of pyridine rings is 2. The van der Waals surface area contributed by atoms with Crippen LogP contribution in [0.5, 0.6) is 0 Å². The quantitative estimate of drug-likeness (QED) is 0.119. The zero-order chi connectivity index (χ0) is 35.7. The Morgan fingerprint density at radius 3 is 1.70 bits per heavy atom. The van der Waals surface area contributed by atoms with Gasteiger partial charge in [0.15, 0.2) is 0 Å². The summed E-state index contributed by atoms with van der Waals surface area (Å²) in [5.74, 6) is -0.712. The van der Waals surface area contributed by atoms with E-state index in [0.717, 1.165) is 17.2 Å². The van der Waals surface area contributed by atoms with E-state index in [1.807, 2.05) is 12.1 Å². The van der Waals surface area contributed by atoms with Crippen LogP contribution in [0.3, 0.4) is 0 Å². The van der Waals surface area contributed by atoms with E-state index < -0.39 is 26.0 Å². The Hall–Kier alpha value is -4.05. The first kappa shape index (κ1) is 48.1. The van der Waals surface area contributed by atoms with Gasteiger partial charge in [-0.05, 0) is 23.3 Å². The van der Waals surface area contributed by atoms with Crippen LogP contribution < -0.4 is 11.1 Å². The van der Waals surface area contributed by atoms with E-state index in [1.165, 1.54) is 12.2 Å². The molecule has 0 atom stereocenters. The van der Waals surface area contributed by atoms with Crippen LogP contribution in [-0.2, 0) is 41.0 Å². The highest BCUT2D eigenvalue weighted by atomic mass is 35.5. The summed E-state index contributed by atoms with van der Waals surface area (Å²) in [5.41, 5.74) is 7.88. The third-order valence-corrected chi connectivity index (χ3v) is 6.13. The molecule has 2 aromatic rings. The van der Waals surface area contributed by atoms with Gasteiger partial charge in [0, 0.05) is 56.6 Å². The van der Waals surface area contributed by atoms with E-state index >= 15 is 0 Å². The van der Waals surface area contributed by atoms with E-state index in [9.17, 15) is 27.6 Å². The number of nitrogens with zero attached hydrogens (tertiary/aromatic N) is 3. The highest BCUT2D eigenvalue weighted by molar-refractivity contribution is 6.29. The smallest absolute Gasteiger partial charge is 0.334 e. The number of nitrogens with two attached hydrogens (primary N) is 1. The number of alkyl halides is 4. The first-order valence-electron chi connectivity index (χ1n) is 14.0. The normalized spacial score (nSPS) is 13.4. The summed E-state index contributed by atoms with van der Waals surface area (Å²) in [6.45, 7) is 0.222. The minimum Gasteiger partial charge on any atom is -0.508 e. The molecule has 0 saturated carbocycles. The number of aromatic nitrogens is 2. The molecule has 5 rings (SSSR count). The van der Waals surface area contributed by atoms with Crippen molar-refractivity contribution in [3.63, 3.8) is 0 Å². The Balaban J connectivity index is 0. The molecule has 0 aliphatic carbocycles. The molecule has 2 aromatic heterocycles. The molecule has 0 saturated heterocycles. The molecule has 0 amide bonds. The van der Waals surface area contributed by atoms with Gasteiger partial charge in [0.05, 0.1) is 17.5 Å². The van der Waals surface area contributed by atoms with Crippen molar-refractivity contribution in [3.8, 4) is 0 Å². The Kier molecular flexibility index (Phi) is 27.6. The van der Waals surface area contributed by atoms with Crippen molar-refractivity contribution < 1.29 is 46.9 Å². The number of aliphatic hydroxyl groups is 1. The van der Waals surface area contributed by atoms with Gasteiger partial charge in [-0.3, -0.25) is 0 Å². The minimum absolute atomic E-state index is 0. The molecule has 12 nitrogen and oxygen atoms in total. The maximum atomic E-state index is 12.5. The van der Waals surface area contributed by atoms with Crippen LogP contribution in [-0.4, -0.2) is 97.4 Å². The lowest BCUT2D eigenvalue weighted by atomic mass is 10.2. The number of hydrogen-bond acceptors (Lipinski definition) is 12. The van der Waals surface area contributed by atoms with Gasteiger partial charge in [0.2, 0.25) is 0 Å². The van der Waals surface area contributed by atoms with Crippen molar-refractivity contribution >= 4 is 52.7 Å². The van der Waals surface area contributed by atoms with E-state index in [4.69, 9.17) is 44.6 Å². The van der Waals surface area contributed by atoms with Crippen molar-refractivity contribution in [3.05, 3.63) is 93.5 Å². The molecule has 18 heteroatoms. The van der Waals surface area contributed by atoms with Crippen molar-refractivity contribution in [1.82, 2.24) is 20.2 Å². The molecule has 50 heavy (non-hydrogen) atoms. The second-order valence-electron chi connectivity index (χ2n) is 9.08. The van der Waals surface area contributed by atoms with Crippen LogP contribution in [0, 0.1) is 0 Å². The lowest BCUT2D eigenvalue weighted by molar-refractivity contribution is -0.136. The number of esters is 3. The lowest BCUT2D eigenvalue weighted by Gasteiger charge is -2.23. The fourth-order valence-electron chi connectivity index (χ4n) is 3.23. The number of halogens is 6. The molecule has 0 fully saturated rings. The fourth-order valence-corrected chi connectivity index (χ4v) is 3.61. The van der Waals surface area contributed by atoms with Crippen molar-refractivity contribution in [2.75, 3.05) is 59.5 Å². The van der Waals surface area contributed by atoms with Crippen molar-refractivity contribution in [2.24, 2.45) is 5.73 Å². The van der Waals surface area contributed by atoms with Gasteiger partial charge in [-0.1, -0.05) is 50.2 Å². The number of hydrogen-bond donors (Lipinski definition) is 3. The third-order valence-electron chi connectivity index (χ3n) is 5.38. The summed E-state index contributed by atoms with van der Waals surface area (Å²) < 4.78 is 48.3. The summed E-state index contributed by atoms with van der Waals surface area (Å²) in [6, 6.07) is 7.07. The summed E-state index contributed by atoms with van der Waals surface area (Å²) in [7, 11) is 0. The first-order chi connectivity index (χ1) is 23.0. The Bertz CT molecular complexity index is 1370. The highest BCUT2D eigenvalue weighted by Gasteiger charge is 2.19. The second-order valence-corrected chi connectivity index (χ2v) is 10.1.